The second kappa shape index (κ2) is 6.39. The predicted octanol–water partition coefficient (Wildman–Crippen LogP) is 3.26. The van der Waals surface area contributed by atoms with E-state index >= 15 is 0 Å². The zero-order valence-electron chi connectivity index (χ0n) is 11.1. The molecule has 0 saturated carbocycles. The zero-order valence-corrected chi connectivity index (χ0v) is 11.9. The third-order valence-corrected chi connectivity index (χ3v) is 3.74. The van der Waals surface area contributed by atoms with Gasteiger partial charge in [0, 0.05) is 35.9 Å². The van der Waals surface area contributed by atoms with Crippen molar-refractivity contribution in [3.63, 3.8) is 0 Å². The minimum Gasteiger partial charge on any atom is -0.381 e. The normalized spacial score (nSPS) is 16.4. The van der Waals surface area contributed by atoms with Crippen LogP contribution in [0, 0.1) is 0 Å². The summed E-state index contributed by atoms with van der Waals surface area (Å²) in [5, 5.41) is 8.29. The molecule has 0 amide bonds. The molecule has 3 rings (SSSR count). The first-order valence-electron chi connectivity index (χ1n) is 6.84. The highest BCUT2D eigenvalue weighted by molar-refractivity contribution is 6.30. The molecule has 0 radical (unpaired) electrons. The Morgan fingerprint density at radius 1 is 1.20 bits per heavy atom. The van der Waals surface area contributed by atoms with Gasteiger partial charge in [0.05, 0.1) is 6.54 Å². The van der Waals surface area contributed by atoms with E-state index in [0.29, 0.717) is 12.6 Å². The summed E-state index contributed by atoms with van der Waals surface area (Å²) in [6.07, 6.45) is 2.11. The van der Waals surface area contributed by atoms with Crippen LogP contribution in [0.2, 0.25) is 5.02 Å². The Morgan fingerprint density at radius 3 is 2.70 bits per heavy atom. The highest BCUT2D eigenvalue weighted by Gasteiger charge is 2.14. The van der Waals surface area contributed by atoms with Crippen molar-refractivity contribution in [1.29, 1.82) is 0 Å². The summed E-state index contributed by atoms with van der Waals surface area (Å²) in [4.78, 5) is 0. The standard InChI is InChI=1S/C15H17ClN2O2/c16-12-3-1-11(2-4-12)15-9-14(20-18-15)10-17-13-5-7-19-8-6-13/h1-4,9,13,17H,5-8,10H2. The topological polar surface area (TPSA) is 47.3 Å². The highest BCUT2D eigenvalue weighted by atomic mass is 35.5. The van der Waals surface area contributed by atoms with Gasteiger partial charge in [-0.15, -0.1) is 0 Å². The van der Waals surface area contributed by atoms with E-state index in [-0.39, 0.29) is 0 Å². The molecule has 0 spiro atoms. The summed E-state index contributed by atoms with van der Waals surface area (Å²) in [7, 11) is 0. The van der Waals surface area contributed by atoms with Crippen LogP contribution in [0.4, 0.5) is 0 Å². The van der Waals surface area contributed by atoms with E-state index in [1.165, 1.54) is 0 Å². The van der Waals surface area contributed by atoms with Crippen molar-refractivity contribution in [3.05, 3.63) is 41.1 Å². The van der Waals surface area contributed by atoms with Gasteiger partial charge in [-0.1, -0.05) is 28.9 Å². The molecule has 106 valence electrons. The van der Waals surface area contributed by atoms with Gasteiger partial charge in [-0.05, 0) is 25.0 Å². The Kier molecular flexibility index (Phi) is 4.35. The number of aromatic nitrogens is 1. The molecular formula is C15H17ClN2O2. The number of hydrogen-bond acceptors (Lipinski definition) is 4. The Hall–Kier alpha value is -1.36. The second-order valence-electron chi connectivity index (χ2n) is 4.95. The van der Waals surface area contributed by atoms with Gasteiger partial charge in [0.2, 0.25) is 0 Å². The molecule has 1 fully saturated rings. The van der Waals surface area contributed by atoms with Crippen molar-refractivity contribution in [2.45, 2.75) is 25.4 Å². The molecule has 1 N–H and O–H groups in total. The van der Waals surface area contributed by atoms with E-state index in [1.807, 2.05) is 30.3 Å². The van der Waals surface area contributed by atoms with Gasteiger partial charge in [-0.3, -0.25) is 0 Å². The molecule has 20 heavy (non-hydrogen) atoms. The SMILES string of the molecule is Clc1ccc(-c2cc(CNC3CCOCC3)on2)cc1. The summed E-state index contributed by atoms with van der Waals surface area (Å²) in [6, 6.07) is 10.1. The van der Waals surface area contributed by atoms with Crippen molar-refractivity contribution < 1.29 is 9.26 Å². The van der Waals surface area contributed by atoms with E-state index in [1.54, 1.807) is 0 Å². The monoisotopic (exact) mass is 292 g/mol. The number of hydrogen-bond donors (Lipinski definition) is 1. The van der Waals surface area contributed by atoms with Gasteiger partial charge in [-0.25, -0.2) is 0 Å². The molecule has 1 aliphatic rings. The van der Waals surface area contributed by atoms with Crippen LogP contribution in [0.1, 0.15) is 18.6 Å². The summed E-state index contributed by atoms with van der Waals surface area (Å²) >= 11 is 5.88. The summed E-state index contributed by atoms with van der Waals surface area (Å²) in [6.45, 7) is 2.37. The summed E-state index contributed by atoms with van der Waals surface area (Å²) < 4.78 is 10.7. The Balaban J connectivity index is 1.60. The maximum atomic E-state index is 5.88. The van der Waals surface area contributed by atoms with Crippen LogP contribution in [0.5, 0.6) is 0 Å². The van der Waals surface area contributed by atoms with Crippen LogP contribution in [-0.4, -0.2) is 24.4 Å². The molecule has 0 bridgehead atoms. The third kappa shape index (κ3) is 3.39. The molecule has 0 unspecified atom stereocenters. The average Bonchev–Trinajstić information content (AvgIpc) is 2.96. The van der Waals surface area contributed by atoms with E-state index in [2.05, 4.69) is 10.5 Å². The molecule has 0 atom stereocenters. The molecule has 5 heteroatoms. The van der Waals surface area contributed by atoms with Crippen LogP contribution >= 0.6 is 11.6 Å². The maximum Gasteiger partial charge on any atom is 0.151 e. The van der Waals surface area contributed by atoms with Gasteiger partial charge in [0.25, 0.3) is 0 Å². The predicted molar refractivity (Wildman–Crippen MR) is 77.6 cm³/mol. The number of nitrogens with one attached hydrogen (secondary N) is 1. The van der Waals surface area contributed by atoms with Crippen LogP contribution in [0.25, 0.3) is 11.3 Å². The number of nitrogens with zero attached hydrogens (tertiary/aromatic N) is 1. The third-order valence-electron chi connectivity index (χ3n) is 3.49. The molecule has 1 saturated heterocycles. The number of ether oxygens (including phenoxy) is 1. The fourth-order valence-electron chi connectivity index (χ4n) is 2.30. The lowest BCUT2D eigenvalue weighted by molar-refractivity contribution is 0.0769. The lowest BCUT2D eigenvalue weighted by Crippen LogP contribution is -2.34. The summed E-state index contributed by atoms with van der Waals surface area (Å²) in [5.41, 5.74) is 1.85. The molecular weight excluding hydrogens is 276 g/mol. The smallest absolute Gasteiger partial charge is 0.151 e. The van der Waals surface area contributed by atoms with Crippen molar-refractivity contribution in [2.24, 2.45) is 0 Å². The molecule has 2 aromatic rings. The lowest BCUT2D eigenvalue weighted by Gasteiger charge is -2.22. The fourth-order valence-corrected chi connectivity index (χ4v) is 2.43. The van der Waals surface area contributed by atoms with E-state index < -0.39 is 0 Å². The fraction of sp³-hybridized carbons (Fsp3) is 0.400. The van der Waals surface area contributed by atoms with E-state index in [0.717, 1.165) is 48.1 Å². The van der Waals surface area contributed by atoms with Crippen LogP contribution in [0.15, 0.2) is 34.9 Å². The van der Waals surface area contributed by atoms with E-state index in [4.69, 9.17) is 20.9 Å². The van der Waals surface area contributed by atoms with Gasteiger partial charge >= 0.3 is 0 Å². The first-order chi connectivity index (χ1) is 9.81. The van der Waals surface area contributed by atoms with Crippen molar-refractivity contribution >= 4 is 11.6 Å². The molecule has 2 heterocycles. The molecule has 0 aliphatic carbocycles. The van der Waals surface area contributed by atoms with Crippen LogP contribution in [-0.2, 0) is 11.3 Å². The zero-order chi connectivity index (χ0) is 13.8. The van der Waals surface area contributed by atoms with Gasteiger partial charge < -0.3 is 14.6 Å². The van der Waals surface area contributed by atoms with Crippen LogP contribution in [0.3, 0.4) is 0 Å². The lowest BCUT2D eigenvalue weighted by atomic mass is 10.1. The molecule has 4 nitrogen and oxygen atoms in total. The molecule has 1 aromatic heterocycles. The van der Waals surface area contributed by atoms with Crippen LogP contribution < -0.4 is 5.32 Å². The molecule has 1 aliphatic heterocycles. The highest BCUT2D eigenvalue weighted by Crippen LogP contribution is 2.21. The maximum absolute atomic E-state index is 5.88. The summed E-state index contributed by atoms with van der Waals surface area (Å²) in [5.74, 6) is 0.849. The quantitative estimate of drug-likeness (QED) is 0.939. The van der Waals surface area contributed by atoms with Crippen molar-refractivity contribution in [1.82, 2.24) is 10.5 Å². The van der Waals surface area contributed by atoms with Gasteiger partial charge in [-0.2, -0.15) is 0 Å². The number of benzene rings is 1. The van der Waals surface area contributed by atoms with E-state index in [9.17, 15) is 0 Å². The Bertz CT molecular complexity index is 547. The number of halogens is 1. The molecule has 1 aromatic carbocycles. The Morgan fingerprint density at radius 2 is 1.95 bits per heavy atom. The Labute approximate surface area is 123 Å². The minimum absolute atomic E-state index is 0.507. The first-order valence-corrected chi connectivity index (χ1v) is 7.22. The second-order valence-corrected chi connectivity index (χ2v) is 5.39. The van der Waals surface area contributed by atoms with Gasteiger partial charge in [0.15, 0.2) is 5.76 Å². The van der Waals surface area contributed by atoms with Gasteiger partial charge in [0.1, 0.15) is 5.69 Å². The largest absolute Gasteiger partial charge is 0.381 e. The van der Waals surface area contributed by atoms with Crippen molar-refractivity contribution in [2.75, 3.05) is 13.2 Å². The van der Waals surface area contributed by atoms with Crippen molar-refractivity contribution in [3.8, 4) is 11.3 Å². The number of rotatable bonds is 4. The first kappa shape index (κ1) is 13.6. The minimum atomic E-state index is 0.507. The average molecular weight is 293 g/mol.